The summed E-state index contributed by atoms with van der Waals surface area (Å²) in [6.07, 6.45) is 5.35. The number of Topliss-reactive ketones (excluding diaryl/α,β-unsaturated/α-hetero) is 1. The Bertz CT molecular complexity index is 133. The minimum atomic E-state index is 0.299. The summed E-state index contributed by atoms with van der Waals surface area (Å²) >= 11 is 0. The van der Waals surface area contributed by atoms with Crippen LogP contribution in [-0.4, -0.2) is 5.78 Å². The average Bonchev–Trinajstić information content (AvgIpc) is 2.14. The van der Waals surface area contributed by atoms with Crippen molar-refractivity contribution < 1.29 is 4.79 Å². The van der Waals surface area contributed by atoms with Gasteiger partial charge in [-0.05, 0) is 18.4 Å². The zero-order chi connectivity index (χ0) is 5.98. The summed E-state index contributed by atoms with van der Waals surface area (Å²) < 4.78 is 0. The largest absolute Gasteiger partial charge is 0.295 e. The zero-order valence-electron chi connectivity index (χ0n) is 4.98. The molecule has 0 saturated carbocycles. The first-order valence-corrected chi connectivity index (χ1v) is 2.90. The molecule has 0 heterocycles. The summed E-state index contributed by atoms with van der Waals surface area (Å²) in [4.78, 5) is 10.7. The van der Waals surface area contributed by atoms with Crippen LogP contribution in [0.2, 0.25) is 0 Å². The Labute approximate surface area is 49.4 Å². The van der Waals surface area contributed by atoms with E-state index in [9.17, 15) is 4.79 Å². The minimum absolute atomic E-state index is 0.299. The number of rotatable bonds is 1. The third kappa shape index (κ3) is 0.808. The van der Waals surface area contributed by atoms with Gasteiger partial charge in [0.2, 0.25) is 0 Å². The molecule has 0 unspecified atom stereocenters. The van der Waals surface area contributed by atoms with Crippen molar-refractivity contribution >= 4 is 5.78 Å². The van der Waals surface area contributed by atoms with Crippen LogP contribution in [0.4, 0.5) is 0 Å². The van der Waals surface area contributed by atoms with Gasteiger partial charge in [-0.2, -0.15) is 0 Å². The number of carbonyl (C=O) groups is 1. The van der Waals surface area contributed by atoms with Crippen LogP contribution in [0.1, 0.15) is 19.8 Å². The zero-order valence-corrected chi connectivity index (χ0v) is 4.98. The Balaban J connectivity index is 2.62. The van der Waals surface area contributed by atoms with Gasteiger partial charge in [0.1, 0.15) is 0 Å². The van der Waals surface area contributed by atoms with Gasteiger partial charge in [0, 0.05) is 6.42 Å². The van der Waals surface area contributed by atoms with E-state index in [0.717, 1.165) is 12.0 Å². The summed E-state index contributed by atoms with van der Waals surface area (Å²) in [5.41, 5.74) is 0.977. The maximum absolute atomic E-state index is 10.7. The summed E-state index contributed by atoms with van der Waals surface area (Å²) in [6.45, 7) is 2.00. The van der Waals surface area contributed by atoms with Gasteiger partial charge in [-0.15, -0.1) is 0 Å². The van der Waals surface area contributed by atoms with E-state index in [2.05, 4.69) is 0 Å². The van der Waals surface area contributed by atoms with Crippen molar-refractivity contribution in [3.05, 3.63) is 18.1 Å². The predicted octanol–water partition coefficient (Wildman–Crippen LogP) is 1.50. The molecule has 1 nitrogen and oxygen atoms in total. The molecule has 1 rings (SSSR count). The Kier molecular flexibility index (Phi) is 1.47. The Morgan fingerprint density at radius 1 is 1.75 bits per heavy atom. The molecule has 0 saturated heterocycles. The lowest BCUT2D eigenvalue weighted by Crippen LogP contribution is -1.92. The van der Waals surface area contributed by atoms with Crippen LogP contribution in [0, 0.1) is 6.42 Å². The topological polar surface area (TPSA) is 17.1 Å². The second-order valence-electron chi connectivity index (χ2n) is 1.91. The second-order valence-corrected chi connectivity index (χ2v) is 1.91. The van der Waals surface area contributed by atoms with Crippen LogP contribution in [0.15, 0.2) is 11.6 Å². The molecule has 0 aromatic heterocycles. The monoisotopic (exact) mass is 109 g/mol. The van der Waals surface area contributed by atoms with Gasteiger partial charge >= 0.3 is 0 Å². The third-order valence-electron chi connectivity index (χ3n) is 1.36. The fourth-order valence-electron chi connectivity index (χ4n) is 0.847. The third-order valence-corrected chi connectivity index (χ3v) is 1.36. The van der Waals surface area contributed by atoms with Crippen LogP contribution in [0.25, 0.3) is 0 Å². The van der Waals surface area contributed by atoms with Crippen LogP contribution in [0.3, 0.4) is 0 Å². The van der Waals surface area contributed by atoms with Gasteiger partial charge in [-0.3, -0.25) is 4.79 Å². The van der Waals surface area contributed by atoms with Crippen molar-refractivity contribution in [1.29, 1.82) is 0 Å². The number of carbonyl (C=O) groups excluding carboxylic acids is 1. The molecule has 0 aromatic carbocycles. The van der Waals surface area contributed by atoms with Gasteiger partial charge in [-0.25, -0.2) is 0 Å². The number of ketones is 1. The first kappa shape index (κ1) is 5.54. The van der Waals surface area contributed by atoms with E-state index in [1.54, 1.807) is 0 Å². The SMILES string of the molecule is CCC1=C[CH]CC1=O. The molecule has 0 spiro atoms. The molecule has 0 atom stereocenters. The maximum Gasteiger partial charge on any atom is 0.159 e. The smallest absolute Gasteiger partial charge is 0.159 e. The lowest BCUT2D eigenvalue weighted by molar-refractivity contribution is -0.114. The molecule has 0 aliphatic heterocycles. The van der Waals surface area contributed by atoms with E-state index in [1.165, 1.54) is 0 Å². The van der Waals surface area contributed by atoms with Crippen molar-refractivity contribution in [2.24, 2.45) is 0 Å². The van der Waals surface area contributed by atoms with Crippen molar-refractivity contribution in [3.63, 3.8) is 0 Å². The first-order valence-electron chi connectivity index (χ1n) is 2.90. The molecule has 0 N–H and O–H groups in total. The fourth-order valence-corrected chi connectivity index (χ4v) is 0.847. The highest BCUT2D eigenvalue weighted by Crippen LogP contribution is 2.14. The molecule has 0 amide bonds. The molecule has 1 aliphatic carbocycles. The van der Waals surface area contributed by atoms with Crippen molar-refractivity contribution in [3.8, 4) is 0 Å². The lowest BCUT2D eigenvalue weighted by Gasteiger charge is -1.88. The van der Waals surface area contributed by atoms with Crippen LogP contribution in [-0.2, 0) is 4.79 Å². The molecule has 0 fully saturated rings. The molecular weight excluding hydrogens is 100 g/mol. The number of allylic oxidation sites excluding steroid dienone is 2. The van der Waals surface area contributed by atoms with Crippen LogP contribution >= 0.6 is 0 Å². The summed E-state index contributed by atoms with van der Waals surface area (Å²) in [5, 5.41) is 0. The first-order chi connectivity index (χ1) is 3.84. The molecule has 1 radical (unpaired) electrons. The molecule has 1 heteroatoms. The maximum atomic E-state index is 10.7. The van der Waals surface area contributed by atoms with Crippen molar-refractivity contribution in [1.82, 2.24) is 0 Å². The van der Waals surface area contributed by atoms with Gasteiger partial charge in [0.25, 0.3) is 0 Å². The van der Waals surface area contributed by atoms with E-state index < -0.39 is 0 Å². The highest BCUT2D eigenvalue weighted by Gasteiger charge is 2.11. The number of hydrogen-bond donors (Lipinski definition) is 0. The molecule has 43 valence electrons. The number of hydrogen-bond acceptors (Lipinski definition) is 1. The Hall–Kier alpha value is -0.590. The van der Waals surface area contributed by atoms with Gasteiger partial charge in [-0.1, -0.05) is 13.0 Å². The Morgan fingerprint density at radius 2 is 2.50 bits per heavy atom. The molecule has 1 aliphatic rings. The van der Waals surface area contributed by atoms with E-state index in [-0.39, 0.29) is 0 Å². The van der Waals surface area contributed by atoms with Crippen molar-refractivity contribution in [2.45, 2.75) is 19.8 Å². The summed E-state index contributed by atoms with van der Waals surface area (Å²) in [6, 6.07) is 0. The van der Waals surface area contributed by atoms with E-state index >= 15 is 0 Å². The average molecular weight is 109 g/mol. The minimum Gasteiger partial charge on any atom is -0.295 e. The predicted molar refractivity (Wildman–Crippen MR) is 32.3 cm³/mol. The molecule has 0 bridgehead atoms. The van der Waals surface area contributed by atoms with Crippen LogP contribution in [0.5, 0.6) is 0 Å². The van der Waals surface area contributed by atoms with Gasteiger partial charge in [0.05, 0.1) is 0 Å². The summed E-state index contributed by atoms with van der Waals surface area (Å²) in [7, 11) is 0. The second kappa shape index (κ2) is 2.12. The van der Waals surface area contributed by atoms with Gasteiger partial charge in [0.15, 0.2) is 5.78 Å². The van der Waals surface area contributed by atoms with Crippen LogP contribution < -0.4 is 0 Å². The van der Waals surface area contributed by atoms with E-state index in [0.29, 0.717) is 12.2 Å². The highest BCUT2D eigenvalue weighted by molar-refractivity contribution is 5.99. The molecular formula is C7H9O. The lowest BCUT2D eigenvalue weighted by atomic mass is 10.2. The highest BCUT2D eigenvalue weighted by atomic mass is 16.1. The van der Waals surface area contributed by atoms with E-state index in [4.69, 9.17) is 0 Å². The summed E-state index contributed by atoms with van der Waals surface area (Å²) in [5.74, 6) is 0.299. The molecule has 8 heavy (non-hydrogen) atoms. The standard InChI is InChI=1S/C7H9O/c1-2-6-4-3-5-7(6)8/h3-4H,2,5H2,1H3. The quantitative estimate of drug-likeness (QED) is 0.498. The molecule has 0 aromatic rings. The normalized spacial score (nSPS) is 19.1. The van der Waals surface area contributed by atoms with Gasteiger partial charge < -0.3 is 0 Å². The van der Waals surface area contributed by atoms with Crippen molar-refractivity contribution in [2.75, 3.05) is 0 Å². The van der Waals surface area contributed by atoms with E-state index in [1.807, 2.05) is 19.4 Å². The fraction of sp³-hybridized carbons (Fsp3) is 0.429. The Morgan fingerprint density at radius 3 is 2.75 bits per heavy atom.